The number of rotatable bonds is 6. The van der Waals surface area contributed by atoms with E-state index in [1.807, 2.05) is 18.0 Å². The Morgan fingerprint density at radius 1 is 1.39 bits per heavy atom. The molecule has 0 aromatic heterocycles. The summed E-state index contributed by atoms with van der Waals surface area (Å²) in [7, 11) is 1.84. The molecule has 0 radical (unpaired) electrons. The van der Waals surface area contributed by atoms with E-state index in [0.29, 0.717) is 6.54 Å². The van der Waals surface area contributed by atoms with E-state index in [9.17, 15) is 14.9 Å². The molecule has 7 nitrogen and oxygen atoms in total. The zero-order valence-electron chi connectivity index (χ0n) is 13.4. The van der Waals surface area contributed by atoms with Gasteiger partial charge in [0.2, 0.25) is 0 Å². The molecular formula is C16H23N3O4. The molecule has 0 amide bonds. The molecular weight excluding hydrogens is 298 g/mol. The van der Waals surface area contributed by atoms with Gasteiger partial charge in [0.25, 0.3) is 5.69 Å². The molecule has 23 heavy (non-hydrogen) atoms. The Labute approximate surface area is 135 Å². The molecule has 0 spiro atoms. The van der Waals surface area contributed by atoms with Gasteiger partial charge in [0.05, 0.1) is 11.5 Å². The molecule has 1 aliphatic heterocycles. The number of benzene rings is 1. The van der Waals surface area contributed by atoms with E-state index in [0.717, 1.165) is 37.9 Å². The molecule has 126 valence electrons. The third-order valence-corrected chi connectivity index (χ3v) is 4.38. The predicted octanol–water partition coefficient (Wildman–Crippen LogP) is 1.97. The number of nitro benzene ring substituents is 1. The lowest BCUT2D eigenvalue weighted by molar-refractivity contribution is -0.385. The lowest BCUT2D eigenvalue weighted by Crippen LogP contribution is -2.36. The summed E-state index contributed by atoms with van der Waals surface area (Å²) < 4.78 is 0. The molecule has 1 aliphatic rings. The van der Waals surface area contributed by atoms with E-state index in [4.69, 9.17) is 5.11 Å². The monoisotopic (exact) mass is 321 g/mol. The van der Waals surface area contributed by atoms with Gasteiger partial charge in [0.1, 0.15) is 0 Å². The van der Waals surface area contributed by atoms with Crippen LogP contribution < -0.4 is 0 Å². The number of para-hydroxylation sites is 1. The molecule has 1 aromatic rings. The molecule has 1 saturated heterocycles. The molecule has 0 aliphatic carbocycles. The fourth-order valence-corrected chi connectivity index (χ4v) is 3.14. The number of carboxylic acid groups (broad SMARTS) is 1. The summed E-state index contributed by atoms with van der Waals surface area (Å²) in [6.07, 6.45) is 2.80. The lowest BCUT2D eigenvalue weighted by Gasteiger charge is -2.25. The summed E-state index contributed by atoms with van der Waals surface area (Å²) in [5.74, 6) is -0.812. The number of nitro groups is 1. The van der Waals surface area contributed by atoms with Crippen LogP contribution in [0.2, 0.25) is 0 Å². The Morgan fingerprint density at radius 2 is 2.13 bits per heavy atom. The van der Waals surface area contributed by atoms with Crippen LogP contribution >= 0.6 is 0 Å². The quantitative estimate of drug-likeness (QED) is 0.637. The van der Waals surface area contributed by atoms with Gasteiger partial charge in [0, 0.05) is 24.2 Å². The molecule has 2 rings (SSSR count). The third kappa shape index (κ3) is 5.01. The van der Waals surface area contributed by atoms with Crippen LogP contribution in [0.4, 0.5) is 5.69 Å². The highest BCUT2D eigenvalue weighted by Crippen LogP contribution is 2.22. The average Bonchev–Trinajstić information content (AvgIpc) is 2.72. The van der Waals surface area contributed by atoms with Crippen molar-refractivity contribution in [3.05, 3.63) is 39.9 Å². The Hall–Kier alpha value is -1.99. The molecule has 1 N–H and O–H groups in total. The fourth-order valence-electron chi connectivity index (χ4n) is 3.14. The molecule has 1 fully saturated rings. The first-order valence-corrected chi connectivity index (χ1v) is 7.84. The van der Waals surface area contributed by atoms with Crippen LogP contribution in [-0.2, 0) is 11.3 Å². The maximum atomic E-state index is 11.1. The number of hydrogen-bond donors (Lipinski definition) is 1. The molecule has 0 bridgehead atoms. The van der Waals surface area contributed by atoms with Crippen molar-refractivity contribution in [1.82, 2.24) is 9.80 Å². The lowest BCUT2D eigenvalue weighted by atomic mass is 10.1. The summed E-state index contributed by atoms with van der Waals surface area (Å²) in [4.78, 5) is 25.7. The SMILES string of the molecule is CN(CC(=O)O)C1CCCN(Cc2ccccc2[N+](=O)[O-])CC1. The van der Waals surface area contributed by atoms with Gasteiger partial charge in [-0.15, -0.1) is 0 Å². The van der Waals surface area contributed by atoms with E-state index in [1.165, 1.54) is 6.07 Å². The summed E-state index contributed by atoms with van der Waals surface area (Å²) in [6.45, 7) is 2.31. The highest BCUT2D eigenvalue weighted by atomic mass is 16.6. The normalized spacial score (nSPS) is 19.5. The van der Waals surface area contributed by atoms with Gasteiger partial charge in [-0.1, -0.05) is 18.2 Å². The first-order chi connectivity index (χ1) is 11.0. The van der Waals surface area contributed by atoms with Crippen LogP contribution in [0, 0.1) is 10.1 Å². The summed E-state index contributed by atoms with van der Waals surface area (Å²) in [6, 6.07) is 7.10. The standard InChI is InChI=1S/C16H23N3O4/c1-17(12-16(20)21)14-6-4-9-18(10-8-14)11-13-5-2-3-7-15(13)19(22)23/h2-3,5,7,14H,4,6,8-12H2,1H3,(H,20,21). The highest BCUT2D eigenvalue weighted by molar-refractivity contribution is 5.69. The Kier molecular flexibility index (Phi) is 6.06. The topological polar surface area (TPSA) is 86.9 Å². The van der Waals surface area contributed by atoms with E-state index in [2.05, 4.69) is 4.90 Å². The molecule has 0 saturated carbocycles. The Bertz CT molecular complexity index is 564. The number of likely N-dealkylation sites (tertiary alicyclic amines) is 1. The second kappa shape index (κ2) is 8.03. The largest absolute Gasteiger partial charge is 0.480 e. The third-order valence-electron chi connectivity index (χ3n) is 4.38. The molecule has 1 unspecified atom stereocenters. The van der Waals surface area contributed by atoms with Gasteiger partial charge in [0.15, 0.2) is 0 Å². The van der Waals surface area contributed by atoms with Gasteiger partial charge in [-0.2, -0.15) is 0 Å². The van der Waals surface area contributed by atoms with Gasteiger partial charge < -0.3 is 5.11 Å². The molecule has 7 heteroatoms. The maximum absolute atomic E-state index is 11.1. The van der Waals surface area contributed by atoms with E-state index in [-0.39, 0.29) is 23.2 Å². The first-order valence-electron chi connectivity index (χ1n) is 7.84. The Balaban J connectivity index is 1.96. The van der Waals surface area contributed by atoms with Crippen molar-refractivity contribution in [1.29, 1.82) is 0 Å². The minimum atomic E-state index is -0.812. The minimum absolute atomic E-state index is 0.0504. The zero-order valence-corrected chi connectivity index (χ0v) is 13.4. The second-order valence-electron chi connectivity index (χ2n) is 6.06. The summed E-state index contributed by atoms with van der Waals surface area (Å²) in [5, 5.41) is 20.0. The number of carboxylic acids is 1. The van der Waals surface area contributed by atoms with Gasteiger partial charge in [-0.3, -0.25) is 24.7 Å². The number of aliphatic carboxylic acids is 1. The zero-order chi connectivity index (χ0) is 16.8. The molecule has 1 aromatic carbocycles. The molecule has 1 heterocycles. The van der Waals surface area contributed by atoms with Crippen molar-refractivity contribution in [2.24, 2.45) is 0 Å². The van der Waals surface area contributed by atoms with Crippen LogP contribution in [0.5, 0.6) is 0 Å². The van der Waals surface area contributed by atoms with Crippen molar-refractivity contribution < 1.29 is 14.8 Å². The van der Waals surface area contributed by atoms with E-state index < -0.39 is 5.97 Å². The van der Waals surface area contributed by atoms with Crippen LogP contribution in [0.15, 0.2) is 24.3 Å². The summed E-state index contributed by atoms with van der Waals surface area (Å²) in [5.41, 5.74) is 0.895. The van der Waals surface area contributed by atoms with Gasteiger partial charge >= 0.3 is 5.97 Å². The number of carbonyl (C=O) groups is 1. The second-order valence-corrected chi connectivity index (χ2v) is 6.06. The van der Waals surface area contributed by atoms with Crippen molar-refractivity contribution >= 4 is 11.7 Å². The minimum Gasteiger partial charge on any atom is -0.480 e. The van der Waals surface area contributed by atoms with E-state index >= 15 is 0 Å². The summed E-state index contributed by atoms with van der Waals surface area (Å²) >= 11 is 0. The number of hydrogen-bond acceptors (Lipinski definition) is 5. The predicted molar refractivity (Wildman–Crippen MR) is 86.3 cm³/mol. The maximum Gasteiger partial charge on any atom is 0.317 e. The Morgan fingerprint density at radius 3 is 2.83 bits per heavy atom. The first kappa shape index (κ1) is 17.4. The van der Waals surface area contributed by atoms with Gasteiger partial charge in [-0.05, 0) is 39.4 Å². The highest BCUT2D eigenvalue weighted by Gasteiger charge is 2.23. The average molecular weight is 321 g/mol. The van der Waals surface area contributed by atoms with Crippen LogP contribution in [0.1, 0.15) is 24.8 Å². The van der Waals surface area contributed by atoms with Crippen LogP contribution in [0.25, 0.3) is 0 Å². The van der Waals surface area contributed by atoms with Crippen LogP contribution in [0.3, 0.4) is 0 Å². The van der Waals surface area contributed by atoms with Gasteiger partial charge in [-0.25, -0.2) is 0 Å². The van der Waals surface area contributed by atoms with Crippen molar-refractivity contribution in [3.63, 3.8) is 0 Å². The number of likely N-dealkylation sites (N-methyl/N-ethyl adjacent to an activating group) is 1. The van der Waals surface area contributed by atoms with Crippen LogP contribution in [-0.4, -0.2) is 58.5 Å². The van der Waals surface area contributed by atoms with Crippen molar-refractivity contribution in [2.75, 3.05) is 26.7 Å². The van der Waals surface area contributed by atoms with Crippen molar-refractivity contribution in [2.45, 2.75) is 31.8 Å². The molecule has 1 atom stereocenters. The number of nitrogens with zero attached hydrogens (tertiary/aromatic N) is 3. The fraction of sp³-hybridized carbons (Fsp3) is 0.562. The smallest absolute Gasteiger partial charge is 0.317 e. The van der Waals surface area contributed by atoms with Crippen molar-refractivity contribution in [3.8, 4) is 0 Å². The van der Waals surface area contributed by atoms with E-state index in [1.54, 1.807) is 12.1 Å².